The van der Waals surface area contributed by atoms with E-state index in [0.717, 1.165) is 19.3 Å². The van der Waals surface area contributed by atoms with E-state index in [9.17, 15) is 23.1 Å². The Kier molecular flexibility index (Phi) is 9.41. The van der Waals surface area contributed by atoms with Crippen molar-refractivity contribution in [1.29, 1.82) is 0 Å². The SMILES string of the molecule is CCCCCCC[C@](O)([C@H](N)C(=O)O)C(F)(F)F.Cl. The lowest BCUT2D eigenvalue weighted by atomic mass is 9.87. The van der Waals surface area contributed by atoms with Crippen LogP contribution >= 0.6 is 12.4 Å². The Bertz CT molecular complexity index is 276. The first-order valence-corrected chi connectivity index (χ1v) is 5.94. The molecule has 0 spiro atoms. The lowest BCUT2D eigenvalue weighted by Gasteiger charge is -2.33. The molecule has 4 nitrogen and oxygen atoms in total. The molecule has 116 valence electrons. The van der Waals surface area contributed by atoms with Crippen LogP contribution in [0, 0.1) is 0 Å². The number of halogens is 4. The highest BCUT2D eigenvalue weighted by molar-refractivity contribution is 5.85. The molecule has 0 aromatic carbocycles. The molecule has 0 fully saturated rings. The van der Waals surface area contributed by atoms with E-state index < -0.39 is 30.2 Å². The van der Waals surface area contributed by atoms with Gasteiger partial charge in [-0.3, -0.25) is 4.79 Å². The van der Waals surface area contributed by atoms with Crippen LogP contribution < -0.4 is 5.73 Å². The molecule has 0 rings (SSSR count). The maximum Gasteiger partial charge on any atom is 0.419 e. The summed E-state index contributed by atoms with van der Waals surface area (Å²) < 4.78 is 38.1. The number of hydrogen-bond acceptors (Lipinski definition) is 3. The molecule has 8 heteroatoms. The van der Waals surface area contributed by atoms with Crippen LogP contribution in [0.5, 0.6) is 0 Å². The second-order valence-corrected chi connectivity index (χ2v) is 4.40. The molecule has 0 unspecified atom stereocenters. The number of aliphatic hydroxyl groups is 1. The Morgan fingerprint density at radius 1 is 1.21 bits per heavy atom. The van der Waals surface area contributed by atoms with E-state index in [0.29, 0.717) is 6.42 Å². The molecule has 0 aliphatic heterocycles. The van der Waals surface area contributed by atoms with Crippen LogP contribution in [0.25, 0.3) is 0 Å². The molecule has 0 amide bonds. The Hall–Kier alpha value is -0.530. The number of aliphatic carboxylic acids is 1. The third kappa shape index (κ3) is 5.97. The Morgan fingerprint density at radius 2 is 1.68 bits per heavy atom. The zero-order valence-corrected chi connectivity index (χ0v) is 11.6. The second kappa shape index (κ2) is 8.60. The van der Waals surface area contributed by atoms with Crippen LogP contribution in [0.4, 0.5) is 13.2 Å². The van der Waals surface area contributed by atoms with Crippen molar-refractivity contribution in [2.45, 2.75) is 63.3 Å². The highest BCUT2D eigenvalue weighted by Gasteiger charge is 2.59. The molecule has 0 aliphatic carbocycles. The minimum absolute atomic E-state index is 0. The number of rotatable bonds is 8. The summed E-state index contributed by atoms with van der Waals surface area (Å²) in [7, 11) is 0. The van der Waals surface area contributed by atoms with E-state index in [2.05, 4.69) is 0 Å². The third-order valence-electron chi connectivity index (χ3n) is 2.93. The summed E-state index contributed by atoms with van der Waals surface area (Å²) in [6.07, 6.45) is -2.53. The molecular weight excluding hydrogens is 287 g/mol. The highest BCUT2D eigenvalue weighted by Crippen LogP contribution is 2.36. The van der Waals surface area contributed by atoms with E-state index in [1.54, 1.807) is 0 Å². The average Bonchev–Trinajstić information content (AvgIpc) is 2.25. The first kappa shape index (κ1) is 20.8. The number of nitrogens with two attached hydrogens (primary N) is 1. The topological polar surface area (TPSA) is 83.5 Å². The number of alkyl halides is 3. The second-order valence-electron chi connectivity index (χ2n) is 4.40. The number of carbonyl (C=O) groups is 1. The van der Waals surface area contributed by atoms with E-state index in [1.165, 1.54) is 0 Å². The molecule has 0 aromatic heterocycles. The normalized spacial score (nSPS) is 16.3. The molecule has 0 heterocycles. The zero-order chi connectivity index (χ0) is 14.4. The van der Waals surface area contributed by atoms with Gasteiger partial charge in [-0.1, -0.05) is 39.0 Å². The molecule has 0 saturated carbocycles. The molecule has 0 saturated heterocycles. The van der Waals surface area contributed by atoms with Crippen LogP contribution in [0.3, 0.4) is 0 Å². The van der Waals surface area contributed by atoms with Crippen LogP contribution in [-0.2, 0) is 4.79 Å². The van der Waals surface area contributed by atoms with Crippen molar-refractivity contribution in [3.05, 3.63) is 0 Å². The van der Waals surface area contributed by atoms with Crippen molar-refractivity contribution < 1.29 is 28.2 Å². The monoisotopic (exact) mass is 307 g/mol. The van der Waals surface area contributed by atoms with E-state index >= 15 is 0 Å². The number of carboxylic acids is 1. The van der Waals surface area contributed by atoms with Gasteiger partial charge in [-0.05, 0) is 6.42 Å². The quantitative estimate of drug-likeness (QED) is 0.602. The fourth-order valence-electron chi connectivity index (χ4n) is 1.68. The first-order valence-electron chi connectivity index (χ1n) is 5.94. The minimum Gasteiger partial charge on any atom is -0.480 e. The van der Waals surface area contributed by atoms with Crippen molar-refractivity contribution >= 4 is 18.4 Å². The van der Waals surface area contributed by atoms with Crippen LogP contribution in [0.2, 0.25) is 0 Å². The van der Waals surface area contributed by atoms with Gasteiger partial charge in [-0.15, -0.1) is 12.4 Å². The van der Waals surface area contributed by atoms with Gasteiger partial charge in [0, 0.05) is 0 Å². The average molecular weight is 308 g/mol. The lowest BCUT2D eigenvalue weighted by Crippen LogP contribution is -2.61. The number of unbranched alkanes of at least 4 members (excludes halogenated alkanes) is 4. The molecule has 0 radical (unpaired) electrons. The van der Waals surface area contributed by atoms with Gasteiger partial charge in [0.25, 0.3) is 0 Å². The maximum absolute atomic E-state index is 12.7. The standard InChI is InChI=1S/C11H20F3NO3.ClH/c1-2-3-4-5-6-7-10(18,11(12,13)14)8(15)9(16)17;/h8,18H,2-7,15H2,1H3,(H,16,17);1H/t8-,10+;/m1./s1. The molecule has 2 atom stereocenters. The molecular formula is C11H21ClF3NO3. The van der Waals surface area contributed by atoms with Gasteiger partial charge in [0.2, 0.25) is 0 Å². The maximum atomic E-state index is 12.7. The van der Waals surface area contributed by atoms with Crippen LogP contribution in [0.15, 0.2) is 0 Å². The van der Waals surface area contributed by atoms with Crippen molar-refractivity contribution in [3.8, 4) is 0 Å². The summed E-state index contributed by atoms with van der Waals surface area (Å²) in [4.78, 5) is 10.5. The van der Waals surface area contributed by atoms with Gasteiger partial charge in [0.05, 0.1) is 0 Å². The minimum atomic E-state index is -5.05. The number of carboxylic acid groups (broad SMARTS) is 1. The van der Waals surface area contributed by atoms with Crippen molar-refractivity contribution in [2.24, 2.45) is 5.73 Å². The molecule has 4 N–H and O–H groups in total. The largest absolute Gasteiger partial charge is 0.480 e. The fraction of sp³-hybridized carbons (Fsp3) is 0.909. The third-order valence-corrected chi connectivity index (χ3v) is 2.93. The lowest BCUT2D eigenvalue weighted by molar-refractivity contribution is -0.270. The summed E-state index contributed by atoms with van der Waals surface area (Å²) >= 11 is 0. The predicted octanol–water partition coefficient (Wildman–Crippen LogP) is 2.47. The van der Waals surface area contributed by atoms with Crippen LogP contribution in [-0.4, -0.2) is 34.0 Å². The van der Waals surface area contributed by atoms with Gasteiger partial charge in [0.15, 0.2) is 5.60 Å². The van der Waals surface area contributed by atoms with Gasteiger partial charge < -0.3 is 15.9 Å². The molecule has 0 bridgehead atoms. The van der Waals surface area contributed by atoms with E-state index in [1.807, 2.05) is 6.92 Å². The highest BCUT2D eigenvalue weighted by atomic mass is 35.5. The van der Waals surface area contributed by atoms with Crippen molar-refractivity contribution in [3.63, 3.8) is 0 Å². The van der Waals surface area contributed by atoms with Crippen molar-refractivity contribution in [2.75, 3.05) is 0 Å². The van der Waals surface area contributed by atoms with Gasteiger partial charge >= 0.3 is 12.1 Å². The van der Waals surface area contributed by atoms with E-state index in [4.69, 9.17) is 10.8 Å². The van der Waals surface area contributed by atoms with Crippen LogP contribution in [0.1, 0.15) is 45.4 Å². The summed E-state index contributed by atoms with van der Waals surface area (Å²) in [6, 6.07) is -2.36. The van der Waals surface area contributed by atoms with E-state index in [-0.39, 0.29) is 18.8 Å². The van der Waals surface area contributed by atoms with Crippen molar-refractivity contribution in [1.82, 2.24) is 0 Å². The summed E-state index contributed by atoms with van der Waals surface area (Å²) in [5.41, 5.74) is 1.60. The smallest absolute Gasteiger partial charge is 0.419 e. The molecule has 0 aromatic rings. The Labute approximate surface area is 116 Å². The zero-order valence-electron chi connectivity index (χ0n) is 10.7. The Morgan fingerprint density at radius 3 is 2.05 bits per heavy atom. The summed E-state index contributed by atoms with van der Waals surface area (Å²) in [6.45, 7) is 1.96. The van der Waals surface area contributed by atoms with Gasteiger partial charge in [-0.25, -0.2) is 0 Å². The van der Waals surface area contributed by atoms with Gasteiger partial charge in [0.1, 0.15) is 6.04 Å². The summed E-state index contributed by atoms with van der Waals surface area (Å²) in [5, 5.41) is 18.0. The Balaban J connectivity index is 0. The summed E-state index contributed by atoms with van der Waals surface area (Å²) in [5.74, 6) is -1.86. The predicted molar refractivity (Wildman–Crippen MR) is 67.2 cm³/mol. The first-order chi connectivity index (χ1) is 8.16. The molecule has 19 heavy (non-hydrogen) atoms. The van der Waals surface area contributed by atoms with Gasteiger partial charge in [-0.2, -0.15) is 13.2 Å². The number of hydrogen-bond donors (Lipinski definition) is 3. The molecule has 0 aliphatic rings. The fourth-order valence-corrected chi connectivity index (χ4v) is 1.68.